The summed E-state index contributed by atoms with van der Waals surface area (Å²) in [7, 11) is -3.80. The highest BCUT2D eigenvalue weighted by molar-refractivity contribution is 14.1. The fraction of sp³-hybridized carbons (Fsp3) is 0.263. The van der Waals surface area contributed by atoms with Crippen molar-refractivity contribution in [2.75, 3.05) is 13.2 Å². The largest absolute Gasteiger partial charge is 0.456 e. The van der Waals surface area contributed by atoms with Crippen LogP contribution in [-0.4, -0.2) is 43.7 Å². The van der Waals surface area contributed by atoms with Crippen LogP contribution in [0, 0.1) is 3.57 Å². The number of hydrogen-bond acceptors (Lipinski definition) is 5. The van der Waals surface area contributed by atoms with Crippen LogP contribution >= 0.6 is 22.6 Å². The summed E-state index contributed by atoms with van der Waals surface area (Å²) < 4.78 is 33.0. The summed E-state index contributed by atoms with van der Waals surface area (Å²) in [6, 6.07) is 14.1. The number of Topliss-reactive ketones (excluding diaryl/α,β-unsaturated/α-hetero) is 1. The summed E-state index contributed by atoms with van der Waals surface area (Å²) in [4.78, 5) is 24.7. The Morgan fingerprint density at radius 3 is 2.41 bits per heavy atom. The molecule has 1 atom stereocenters. The van der Waals surface area contributed by atoms with Crippen LogP contribution in [0.1, 0.15) is 23.2 Å². The van der Waals surface area contributed by atoms with Gasteiger partial charge in [-0.1, -0.05) is 30.3 Å². The van der Waals surface area contributed by atoms with Gasteiger partial charge in [0.15, 0.2) is 12.4 Å². The van der Waals surface area contributed by atoms with E-state index in [2.05, 4.69) is 22.6 Å². The molecule has 3 rings (SSSR count). The molecule has 0 N–H and O–H groups in total. The van der Waals surface area contributed by atoms with Gasteiger partial charge in [-0.3, -0.25) is 9.59 Å². The molecule has 6 nitrogen and oxygen atoms in total. The summed E-state index contributed by atoms with van der Waals surface area (Å²) >= 11 is 2.09. The van der Waals surface area contributed by atoms with Gasteiger partial charge in [0.1, 0.15) is 6.04 Å². The molecule has 0 aliphatic carbocycles. The number of carbonyl (C=O) groups is 2. The van der Waals surface area contributed by atoms with Crippen molar-refractivity contribution in [2.24, 2.45) is 0 Å². The standard InChI is InChI=1S/C19H18INO5S/c20-15-8-10-16(11-9-15)27(24,25)21-12-4-7-17(21)19(23)26-13-18(22)14-5-2-1-3-6-14/h1-3,5-6,8-11,17H,4,7,12-13H2/t17-/m1/s1. The highest BCUT2D eigenvalue weighted by atomic mass is 127. The first-order chi connectivity index (χ1) is 12.9. The Bertz CT molecular complexity index is 928. The molecule has 142 valence electrons. The highest BCUT2D eigenvalue weighted by Gasteiger charge is 2.40. The van der Waals surface area contributed by atoms with Crippen LogP contribution in [0.2, 0.25) is 0 Å². The molecule has 2 aromatic rings. The number of halogens is 1. The second kappa shape index (κ2) is 8.49. The van der Waals surface area contributed by atoms with Gasteiger partial charge in [-0.25, -0.2) is 8.42 Å². The van der Waals surface area contributed by atoms with Gasteiger partial charge in [0.25, 0.3) is 0 Å². The van der Waals surface area contributed by atoms with Crippen molar-refractivity contribution in [3.63, 3.8) is 0 Å². The zero-order valence-electron chi connectivity index (χ0n) is 14.4. The Morgan fingerprint density at radius 1 is 1.07 bits per heavy atom. The number of esters is 1. The zero-order chi connectivity index (χ0) is 19.4. The number of sulfonamides is 1. The van der Waals surface area contributed by atoms with E-state index in [4.69, 9.17) is 4.74 Å². The van der Waals surface area contributed by atoms with Crippen LogP contribution in [0.25, 0.3) is 0 Å². The average molecular weight is 499 g/mol. The predicted octanol–water partition coefficient (Wildman–Crippen LogP) is 2.87. The molecule has 1 fully saturated rings. The second-order valence-electron chi connectivity index (χ2n) is 6.12. The van der Waals surface area contributed by atoms with Crippen LogP contribution in [-0.2, 0) is 19.6 Å². The molecule has 1 aliphatic rings. The minimum atomic E-state index is -3.80. The van der Waals surface area contributed by atoms with Crippen molar-refractivity contribution in [1.82, 2.24) is 4.31 Å². The van der Waals surface area contributed by atoms with E-state index in [1.54, 1.807) is 42.5 Å². The lowest BCUT2D eigenvalue weighted by molar-refractivity contribution is -0.146. The summed E-state index contributed by atoms with van der Waals surface area (Å²) in [6.07, 6.45) is 0.942. The first-order valence-corrected chi connectivity index (χ1v) is 10.9. The number of carbonyl (C=O) groups excluding carboxylic acids is 2. The molecule has 1 saturated heterocycles. The molecule has 0 bridgehead atoms. The third kappa shape index (κ3) is 4.56. The van der Waals surface area contributed by atoms with E-state index in [9.17, 15) is 18.0 Å². The highest BCUT2D eigenvalue weighted by Crippen LogP contribution is 2.27. The molecule has 0 spiro atoms. The fourth-order valence-electron chi connectivity index (χ4n) is 2.95. The summed E-state index contributed by atoms with van der Waals surface area (Å²) in [5.41, 5.74) is 0.445. The molecular weight excluding hydrogens is 481 g/mol. The number of ether oxygens (including phenoxy) is 1. The van der Waals surface area contributed by atoms with Crippen LogP contribution < -0.4 is 0 Å². The lowest BCUT2D eigenvalue weighted by atomic mass is 10.1. The lowest BCUT2D eigenvalue weighted by Gasteiger charge is -2.22. The van der Waals surface area contributed by atoms with Gasteiger partial charge in [-0.15, -0.1) is 0 Å². The van der Waals surface area contributed by atoms with Gasteiger partial charge in [-0.2, -0.15) is 4.31 Å². The smallest absolute Gasteiger partial charge is 0.324 e. The quantitative estimate of drug-likeness (QED) is 0.347. The molecular formula is C19H18INO5S. The molecule has 0 saturated carbocycles. The second-order valence-corrected chi connectivity index (χ2v) is 9.26. The molecule has 0 aromatic heterocycles. The maximum Gasteiger partial charge on any atom is 0.324 e. The Labute approximate surface area is 171 Å². The van der Waals surface area contributed by atoms with Gasteiger partial charge in [-0.05, 0) is 59.7 Å². The van der Waals surface area contributed by atoms with Crippen molar-refractivity contribution >= 4 is 44.4 Å². The average Bonchev–Trinajstić information content (AvgIpc) is 3.18. The first kappa shape index (κ1) is 20.0. The van der Waals surface area contributed by atoms with Crippen molar-refractivity contribution in [2.45, 2.75) is 23.8 Å². The SMILES string of the molecule is O=C(COC(=O)[C@H]1CCCN1S(=O)(=O)c1ccc(I)cc1)c1ccccc1. The lowest BCUT2D eigenvalue weighted by Crippen LogP contribution is -2.41. The van der Waals surface area contributed by atoms with Crippen LogP contribution in [0.4, 0.5) is 0 Å². The third-order valence-corrected chi connectivity index (χ3v) is 6.98. The molecule has 0 amide bonds. The van der Waals surface area contributed by atoms with E-state index < -0.39 is 28.6 Å². The molecule has 1 heterocycles. The summed E-state index contributed by atoms with van der Waals surface area (Å²) in [5.74, 6) is -1.01. The van der Waals surface area contributed by atoms with E-state index in [1.165, 1.54) is 16.4 Å². The topological polar surface area (TPSA) is 80.8 Å². The zero-order valence-corrected chi connectivity index (χ0v) is 17.4. The Kier molecular flexibility index (Phi) is 6.28. The number of rotatable bonds is 6. The predicted molar refractivity (Wildman–Crippen MR) is 108 cm³/mol. The van der Waals surface area contributed by atoms with Crippen LogP contribution in [0.15, 0.2) is 59.5 Å². The Balaban J connectivity index is 1.69. The van der Waals surface area contributed by atoms with E-state index in [0.717, 1.165) is 3.57 Å². The summed E-state index contributed by atoms with van der Waals surface area (Å²) in [6.45, 7) is -0.155. The monoisotopic (exact) mass is 499 g/mol. The maximum atomic E-state index is 12.9. The minimum absolute atomic E-state index is 0.142. The molecule has 2 aromatic carbocycles. The van der Waals surface area contributed by atoms with Crippen molar-refractivity contribution in [1.29, 1.82) is 0 Å². The van der Waals surface area contributed by atoms with Crippen molar-refractivity contribution in [3.05, 3.63) is 63.7 Å². The van der Waals surface area contributed by atoms with E-state index >= 15 is 0 Å². The Hall–Kier alpha value is -1.78. The van der Waals surface area contributed by atoms with Gasteiger partial charge in [0, 0.05) is 15.7 Å². The number of ketones is 1. The molecule has 8 heteroatoms. The normalized spacial score (nSPS) is 17.6. The van der Waals surface area contributed by atoms with Gasteiger partial charge in [0.2, 0.25) is 10.0 Å². The Morgan fingerprint density at radius 2 is 1.74 bits per heavy atom. The van der Waals surface area contributed by atoms with E-state index in [0.29, 0.717) is 18.4 Å². The maximum absolute atomic E-state index is 12.9. The molecule has 0 radical (unpaired) electrons. The van der Waals surface area contributed by atoms with Gasteiger partial charge >= 0.3 is 5.97 Å². The van der Waals surface area contributed by atoms with E-state index in [1.807, 2.05) is 0 Å². The van der Waals surface area contributed by atoms with E-state index in [-0.39, 0.29) is 17.2 Å². The van der Waals surface area contributed by atoms with Crippen molar-refractivity contribution in [3.8, 4) is 0 Å². The summed E-state index contributed by atoms with van der Waals surface area (Å²) in [5, 5.41) is 0. The van der Waals surface area contributed by atoms with Gasteiger partial charge in [0.05, 0.1) is 4.90 Å². The van der Waals surface area contributed by atoms with Gasteiger partial charge < -0.3 is 4.74 Å². The fourth-order valence-corrected chi connectivity index (χ4v) is 4.95. The van der Waals surface area contributed by atoms with Crippen molar-refractivity contribution < 1.29 is 22.7 Å². The molecule has 1 aliphatic heterocycles. The number of nitrogens with zero attached hydrogens (tertiary/aromatic N) is 1. The number of benzene rings is 2. The third-order valence-electron chi connectivity index (χ3n) is 4.34. The minimum Gasteiger partial charge on any atom is -0.456 e. The molecule has 0 unspecified atom stereocenters. The van der Waals surface area contributed by atoms with Crippen LogP contribution in [0.5, 0.6) is 0 Å². The molecule has 27 heavy (non-hydrogen) atoms. The van der Waals surface area contributed by atoms with Crippen LogP contribution in [0.3, 0.4) is 0 Å². The first-order valence-electron chi connectivity index (χ1n) is 8.42. The number of hydrogen-bond donors (Lipinski definition) is 0.